The van der Waals surface area contributed by atoms with Gasteiger partial charge < -0.3 is 5.73 Å². The van der Waals surface area contributed by atoms with Crippen LogP contribution in [-0.4, -0.2) is 22.5 Å². The number of likely N-dealkylation sites (tertiary alicyclic amines) is 1. The fourth-order valence-electron chi connectivity index (χ4n) is 2.77. The van der Waals surface area contributed by atoms with Gasteiger partial charge in [0.05, 0.1) is 12.2 Å². The zero-order valence-electron chi connectivity index (χ0n) is 12.6. The van der Waals surface area contributed by atoms with Crippen molar-refractivity contribution in [2.24, 2.45) is 5.73 Å². The van der Waals surface area contributed by atoms with Crippen LogP contribution in [0.4, 0.5) is 0 Å². The summed E-state index contributed by atoms with van der Waals surface area (Å²) in [6.45, 7) is 11.0. The van der Waals surface area contributed by atoms with Gasteiger partial charge in [0, 0.05) is 17.0 Å². The minimum absolute atomic E-state index is 0.0995. The molecule has 2 rings (SSSR count). The lowest BCUT2D eigenvalue weighted by Gasteiger charge is -2.32. The van der Waals surface area contributed by atoms with Crippen molar-refractivity contribution in [2.45, 2.75) is 71.5 Å². The Labute approximate surface area is 121 Å². The minimum atomic E-state index is 0.0995. The molecule has 0 aliphatic carbocycles. The molecule has 1 aromatic rings. The number of nitrogens with zero attached hydrogens (tertiary/aromatic N) is 2. The largest absolute Gasteiger partial charge is 0.323 e. The summed E-state index contributed by atoms with van der Waals surface area (Å²) in [6.07, 6.45) is 4.02. The van der Waals surface area contributed by atoms with E-state index in [2.05, 4.69) is 32.6 Å². The Morgan fingerprint density at radius 2 is 2.11 bits per heavy atom. The maximum absolute atomic E-state index is 6.08. The number of hydrogen-bond donors (Lipinski definition) is 1. The second-order valence-electron chi connectivity index (χ2n) is 6.12. The molecule has 2 N–H and O–H groups in total. The third-order valence-electron chi connectivity index (χ3n) is 3.96. The van der Waals surface area contributed by atoms with Gasteiger partial charge in [-0.1, -0.05) is 20.3 Å². The highest BCUT2D eigenvalue weighted by Gasteiger charge is 2.22. The first-order valence-electron chi connectivity index (χ1n) is 7.48. The van der Waals surface area contributed by atoms with Crippen LogP contribution in [0.2, 0.25) is 0 Å². The first kappa shape index (κ1) is 14.9. The molecular weight excluding hydrogens is 254 g/mol. The van der Waals surface area contributed by atoms with Crippen molar-refractivity contribution in [2.75, 3.05) is 6.54 Å². The van der Waals surface area contributed by atoms with Gasteiger partial charge in [0.2, 0.25) is 0 Å². The van der Waals surface area contributed by atoms with Crippen LogP contribution in [0, 0.1) is 0 Å². The molecule has 2 unspecified atom stereocenters. The van der Waals surface area contributed by atoms with E-state index in [-0.39, 0.29) is 6.04 Å². The fourth-order valence-corrected chi connectivity index (χ4v) is 3.97. The van der Waals surface area contributed by atoms with Crippen molar-refractivity contribution >= 4 is 11.3 Å². The monoisotopic (exact) mass is 281 g/mol. The highest BCUT2D eigenvalue weighted by atomic mass is 32.1. The first-order valence-corrected chi connectivity index (χ1v) is 8.29. The van der Waals surface area contributed by atoms with Gasteiger partial charge in [-0.15, -0.1) is 11.3 Å². The third kappa shape index (κ3) is 3.56. The fraction of sp³-hybridized carbons (Fsp3) is 0.800. The van der Waals surface area contributed by atoms with E-state index in [9.17, 15) is 0 Å². The second kappa shape index (κ2) is 6.33. The molecule has 1 aliphatic rings. The molecule has 1 aromatic heterocycles. The topological polar surface area (TPSA) is 42.2 Å². The van der Waals surface area contributed by atoms with E-state index in [0.29, 0.717) is 12.0 Å². The number of rotatable bonds is 4. The van der Waals surface area contributed by atoms with Crippen LogP contribution in [0.1, 0.15) is 74.5 Å². The molecule has 0 amide bonds. The SMILES string of the molecule is CC(C)c1nc(CN2CCCCC2C)sc1C(C)N. The standard InChI is InChI=1S/C15H27N3S/c1-10(2)14-15(12(4)16)19-13(17-14)9-18-8-6-5-7-11(18)3/h10-12H,5-9,16H2,1-4H3. The van der Waals surface area contributed by atoms with Crippen LogP contribution in [0.15, 0.2) is 0 Å². The number of thiazole rings is 1. The number of piperidine rings is 1. The number of aromatic nitrogens is 1. The highest BCUT2D eigenvalue weighted by Crippen LogP contribution is 2.31. The first-order chi connectivity index (χ1) is 8.99. The molecule has 0 spiro atoms. The van der Waals surface area contributed by atoms with Gasteiger partial charge in [0.1, 0.15) is 5.01 Å². The van der Waals surface area contributed by atoms with Crippen molar-refractivity contribution in [1.82, 2.24) is 9.88 Å². The average molecular weight is 281 g/mol. The third-order valence-corrected chi connectivity index (χ3v) is 5.22. The molecule has 0 bridgehead atoms. The summed E-state index contributed by atoms with van der Waals surface area (Å²) in [4.78, 5) is 8.70. The molecule has 108 valence electrons. The molecule has 1 fully saturated rings. The summed E-state index contributed by atoms with van der Waals surface area (Å²) in [5.41, 5.74) is 7.29. The van der Waals surface area contributed by atoms with Crippen LogP contribution < -0.4 is 5.73 Å². The Hall–Kier alpha value is -0.450. The van der Waals surface area contributed by atoms with Crippen LogP contribution in [0.3, 0.4) is 0 Å². The Morgan fingerprint density at radius 1 is 1.37 bits per heavy atom. The van der Waals surface area contributed by atoms with E-state index in [1.54, 1.807) is 0 Å². The molecule has 2 atom stereocenters. The van der Waals surface area contributed by atoms with E-state index >= 15 is 0 Å². The van der Waals surface area contributed by atoms with Gasteiger partial charge >= 0.3 is 0 Å². The Kier molecular flexibility index (Phi) is 4.98. The zero-order chi connectivity index (χ0) is 14.0. The maximum Gasteiger partial charge on any atom is 0.107 e. The maximum atomic E-state index is 6.08. The lowest BCUT2D eigenvalue weighted by molar-refractivity contribution is 0.152. The predicted molar refractivity (Wildman–Crippen MR) is 82.5 cm³/mol. The Bertz CT molecular complexity index is 386. The lowest BCUT2D eigenvalue weighted by atomic mass is 10.0. The zero-order valence-corrected chi connectivity index (χ0v) is 13.5. The van der Waals surface area contributed by atoms with Gasteiger partial charge in [-0.2, -0.15) is 0 Å². The van der Waals surface area contributed by atoms with E-state index in [1.807, 2.05) is 11.3 Å². The molecule has 0 aromatic carbocycles. The Morgan fingerprint density at radius 3 is 2.63 bits per heavy atom. The molecule has 0 radical (unpaired) electrons. The van der Waals surface area contributed by atoms with Gasteiger partial charge in [0.25, 0.3) is 0 Å². The second-order valence-corrected chi connectivity index (χ2v) is 7.23. The van der Waals surface area contributed by atoms with E-state index in [4.69, 9.17) is 10.7 Å². The van der Waals surface area contributed by atoms with Crippen molar-refractivity contribution in [3.8, 4) is 0 Å². The summed E-state index contributed by atoms with van der Waals surface area (Å²) < 4.78 is 0. The average Bonchev–Trinajstić information content (AvgIpc) is 2.76. The van der Waals surface area contributed by atoms with E-state index in [1.165, 1.54) is 41.4 Å². The van der Waals surface area contributed by atoms with Crippen LogP contribution in [0.25, 0.3) is 0 Å². The molecule has 3 nitrogen and oxygen atoms in total. The highest BCUT2D eigenvalue weighted by molar-refractivity contribution is 7.11. The van der Waals surface area contributed by atoms with Crippen molar-refractivity contribution in [3.05, 3.63) is 15.6 Å². The quantitative estimate of drug-likeness (QED) is 0.916. The van der Waals surface area contributed by atoms with E-state index < -0.39 is 0 Å². The molecule has 19 heavy (non-hydrogen) atoms. The van der Waals surface area contributed by atoms with Crippen molar-refractivity contribution in [1.29, 1.82) is 0 Å². The molecule has 4 heteroatoms. The van der Waals surface area contributed by atoms with Gasteiger partial charge in [-0.25, -0.2) is 4.98 Å². The van der Waals surface area contributed by atoms with Gasteiger partial charge in [-0.3, -0.25) is 4.90 Å². The summed E-state index contributed by atoms with van der Waals surface area (Å²) in [7, 11) is 0. The normalized spacial score (nSPS) is 22.9. The smallest absolute Gasteiger partial charge is 0.107 e. The summed E-state index contributed by atoms with van der Waals surface area (Å²) >= 11 is 1.81. The molecule has 1 aliphatic heterocycles. The van der Waals surface area contributed by atoms with Crippen LogP contribution in [0.5, 0.6) is 0 Å². The summed E-state index contributed by atoms with van der Waals surface area (Å²) in [5.74, 6) is 0.463. The minimum Gasteiger partial charge on any atom is -0.323 e. The van der Waals surface area contributed by atoms with Crippen LogP contribution in [-0.2, 0) is 6.54 Å². The van der Waals surface area contributed by atoms with E-state index in [0.717, 1.165) is 6.54 Å². The lowest BCUT2D eigenvalue weighted by Crippen LogP contribution is -2.36. The predicted octanol–water partition coefficient (Wildman–Crippen LogP) is 3.66. The number of nitrogens with two attached hydrogens (primary N) is 1. The molecule has 1 saturated heterocycles. The van der Waals surface area contributed by atoms with Crippen molar-refractivity contribution in [3.63, 3.8) is 0 Å². The molecule has 2 heterocycles. The Balaban J connectivity index is 2.14. The summed E-state index contributed by atoms with van der Waals surface area (Å²) in [5, 5.41) is 1.24. The van der Waals surface area contributed by atoms with Gasteiger partial charge in [-0.05, 0) is 39.2 Å². The summed E-state index contributed by atoms with van der Waals surface area (Å²) in [6, 6.07) is 0.793. The number of hydrogen-bond acceptors (Lipinski definition) is 4. The molecular formula is C15H27N3S. The van der Waals surface area contributed by atoms with Gasteiger partial charge in [0.15, 0.2) is 0 Å². The van der Waals surface area contributed by atoms with Crippen LogP contribution >= 0.6 is 11.3 Å². The van der Waals surface area contributed by atoms with Crippen molar-refractivity contribution < 1.29 is 0 Å². The molecule has 0 saturated carbocycles.